The second-order valence-electron chi connectivity index (χ2n) is 7.98. The molecule has 0 bridgehead atoms. The SMILES string of the molecule is CCc1nc2c(s1)Nc1ccccc1N=C2N1CCN[C@@H](CCc2ccc(F)cc2)C1. The molecular formula is C24H26FN5S. The number of benzene rings is 2. The van der Waals surface area contributed by atoms with Gasteiger partial charge in [-0.25, -0.2) is 14.4 Å². The Hall–Kier alpha value is -2.77. The molecule has 2 N–H and O–H groups in total. The zero-order chi connectivity index (χ0) is 21.2. The summed E-state index contributed by atoms with van der Waals surface area (Å²) in [5.41, 5.74) is 4.09. The maximum absolute atomic E-state index is 13.2. The summed E-state index contributed by atoms with van der Waals surface area (Å²) in [5.74, 6) is 0.771. The number of fused-ring (bicyclic) bond motifs is 2. The average Bonchev–Trinajstić information content (AvgIpc) is 3.14. The van der Waals surface area contributed by atoms with E-state index in [0.717, 1.165) is 71.8 Å². The average molecular weight is 436 g/mol. The lowest BCUT2D eigenvalue weighted by Gasteiger charge is -2.35. The number of piperazine rings is 1. The van der Waals surface area contributed by atoms with Crippen LogP contribution >= 0.6 is 11.3 Å². The number of nitrogens with one attached hydrogen (secondary N) is 2. The number of nitrogens with zero attached hydrogens (tertiary/aromatic N) is 3. The molecule has 0 amide bonds. The van der Waals surface area contributed by atoms with Gasteiger partial charge in [0.05, 0.1) is 16.4 Å². The van der Waals surface area contributed by atoms with Crippen molar-refractivity contribution < 1.29 is 4.39 Å². The Bertz CT molecular complexity index is 1090. The van der Waals surface area contributed by atoms with Gasteiger partial charge in [0.2, 0.25) is 0 Å². The minimum absolute atomic E-state index is 0.184. The third kappa shape index (κ3) is 4.34. The van der Waals surface area contributed by atoms with E-state index in [4.69, 9.17) is 9.98 Å². The van der Waals surface area contributed by atoms with Crippen LogP contribution in [0.2, 0.25) is 0 Å². The zero-order valence-electron chi connectivity index (χ0n) is 17.6. The molecule has 0 saturated carbocycles. The van der Waals surface area contributed by atoms with Gasteiger partial charge in [0.1, 0.15) is 16.5 Å². The highest BCUT2D eigenvalue weighted by Gasteiger charge is 2.28. The van der Waals surface area contributed by atoms with Gasteiger partial charge < -0.3 is 15.5 Å². The molecule has 0 spiro atoms. The molecule has 3 aromatic rings. The highest BCUT2D eigenvalue weighted by molar-refractivity contribution is 7.16. The van der Waals surface area contributed by atoms with Crippen molar-refractivity contribution in [3.63, 3.8) is 0 Å². The molecule has 0 radical (unpaired) electrons. The predicted molar refractivity (Wildman–Crippen MR) is 125 cm³/mol. The molecule has 0 unspecified atom stereocenters. The van der Waals surface area contributed by atoms with Gasteiger partial charge in [0, 0.05) is 25.7 Å². The van der Waals surface area contributed by atoms with E-state index in [1.165, 1.54) is 17.7 Å². The van der Waals surface area contributed by atoms with E-state index in [1.807, 2.05) is 30.3 Å². The van der Waals surface area contributed by atoms with Gasteiger partial charge in [-0.05, 0) is 49.1 Å². The van der Waals surface area contributed by atoms with E-state index < -0.39 is 0 Å². The van der Waals surface area contributed by atoms with Crippen molar-refractivity contribution in [1.29, 1.82) is 0 Å². The third-order valence-electron chi connectivity index (χ3n) is 5.81. The van der Waals surface area contributed by atoms with Crippen LogP contribution in [0, 0.1) is 5.82 Å². The van der Waals surface area contributed by atoms with Crippen molar-refractivity contribution in [2.24, 2.45) is 4.99 Å². The summed E-state index contributed by atoms with van der Waals surface area (Å²) in [4.78, 5) is 12.4. The number of amidine groups is 1. The second-order valence-corrected chi connectivity index (χ2v) is 9.06. The molecule has 1 aromatic heterocycles. The summed E-state index contributed by atoms with van der Waals surface area (Å²) in [6.07, 6.45) is 2.83. The smallest absolute Gasteiger partial charge is 0.158 e. The van der Waals surface area contributed by atoms with Gasteiger partial charge in [0.25, 0.3) is 0 Å². The molecule has 2 aromatic carbocycles. The molecule has 3 heterocycles. The molecular weight excluding hydrogens is 409 g/mol. The van der Waals surface area contributed by atoms with Crippen molar-refractivity contribution in [2.45, 2.75) is 32.2 Å². The predicted octanol–water partition coefficient (Wildman–Crippen LogP) is 4.89. The van der Waals surface area contributed by atoms with Gasteiger partial charge in [-0.3, -0.25) is 0 Å². The molecule has 160 valence electrons. The van der Waals surface area contributed by atoms with Crippen molar-refractivity contribution in [3.05, 3.63) is 70.6 Å². The minimum atomic E-state index is -0.184. The molecule has 1 atom stereocenters. The van der Waals surface area contributed by atoms with Crippen molar-refractivity contribution in [2.75, 3.05) is 25.0 Å². The van der Waals surface area contributed by atoms with Gasteiger partial charge in [0.15, 0.2) is 5.84 Å². The van der Waals surface area contributed by atoms with Crippen LogP contribution in [0.3, 0.4) is 0 Å². The summed E-state index contributed by atoms with van der Waals surface area (Å²) in [7, 11) is 0. The number of aryl methyl sites for hydroxylation is 2. The van der Waals surface area contributed by atoms with E-state index in [9.17, 15) is 4.39 Å². The number of thiazole rings is 1. The van der Waals surface area contributed by atoms with Crippen molar-refractivity contribution in [3.8, 4) is 0 Å². The highest BCUT2D eigenvalue weighted by atomic mass is 32.1. The van der Waals surface area contributed by atoms with Crippen LogP contribution < -0.4 is 10.6 Å². The van der Waals surface area contributed by atoms with E-state index >= 15 is 0 Å². The Morgan fingerprint density at radius 3 is 2.84 bits per heavy atom. The number of aliphatic imine (C=N–C) groups is 1. The van der Waals surface area contributed by atoms with Crippen molar-refractivity contribution in [1.82, 2.24) is 15.2 Å². The third-order valence-corrected chi connectivity index (χ3v) is 6.93. The van der Waals surface area contributed by atoms with Crippen LogP contribution in [-0.2, 0) is 12.8 Å². The van der Waals surface area contributed by atoms with Gasteiger partial charge in [-0.15, -0.1) is 11.3 Å². The van der Waals surface area contributed by atoms with Gasteiger partial charge in [-0.2, -0.15) is 0 Å². The first kappa shape index (κ1) is 20.2. The first-order valence-electron chi connectivity index (χ1n) is 10.9. The standard InChI is InChI=1S/C24H26FN5S/c1-2-21-29-22-23(27-19-5-3-4-6-20(19)28-24(22)31-21)30-14-13-26-18(15-30)12-9-16-7-10-17(25)11-8-16/h3-8,10-11,18,26,28H,2,9,12-15H2,1H3/t18-/m0/s1. The largest absolute Gasteiger partial charge is 0.352 e. The molecule has 5 nitrogen and oxygen atoms in total. The fourth-order valence-electron chi connectivity index (χ4n) is 4.14. The summed E-state index contributed by atoms with van der Waals surface area (Å²) < 4.78 is 13.2. The lowest BCUT2D eigenvalue weighted by molar-refractivity contribution is 0.282. The molecule has 31 heavy (non-hydrogen) atoms. The normalized spacial score (nSPS) is 17.9. The molecule has 7 heteroatoms. The summed E-state index contributed by atoms with van der Waals surface area (Å²) in [5, 5.41) is 9.39. The lowest BCUT2D eigenvalue weighted by atomic mass is 10.0. The van der Waals surface area contributed by atoms with Crippen LogP contribution in [0.25, 0.3) is 0 Å². The molecule has 2 aliphatic heterocycles. The summed E-state index contributed by atoms with van der Waals surface area (Å²) in [6.45, 7) is 4.81. The maximum atomic E-state index is 13.2. The molecule has 0 aliphatic carbocycles. The zero-order valence-corrected chi connectivity index (χ0v) is 18.4. The molecule has 1 saturated heterocycles. The first-order chi connectivity index (χ1) is 15.2. The van der Waals surface area contributed by atoms with Crippen LogP contribution in [0.1, 0.15) is 29.6 Å². The molecule has 2 aliphatic rings. The van der Waals surface area contributed by atoms with E-state index in [2.05, 4.69) is 28.5 Å². The minimum Gasteiger partial charge on any atom is -0.352 e. The number of anilines is 2. The first-order valence-corrected chi connectivity index (χ1v) is 11.7. The van der Waals surface area contributed by atoms with Crippen LogP contribution in [-0.4, -0.2) is 41.4 Å². The maximum Gasteiger partial charge on any atom is 0.158 e. The lowest BCUT2D eigenvalue weighted by Crippen LogP contribution is -2.53. The Morgan fingerprint density at radius 1 is 1.16 bits per heavy atom. The number of halogens is 1. The Labute approximate surface area is 186 Å². The number of para-hydroxylation sites is 2. The fraction of sp³-hybridized carbons (Fsp3) is 0.333. The monoisotopic (exact) mass is 435 g/mol. The number of hydrogen-bond acceptors (Lipinski definition) is 6. The van der Waals surface area contributed by atoms with E-state index in [-0.39, 0.29) is 5.82 Å². The van der Waals surface area contributed by atoms with Crippen LogP contribution in [0.15, 0.2) is 53.5 Å². The number of hydrogen-bond donors (Lipinski definition) is 2. The van der Waals surface area contributed by atoms with Gasteiger partial charge in [-0.1, -0.05) is 31.2 Å². The molecule has 5 rings (SSSR count). The van der Waals surface area contributed by atoms with E-state index in [0.29, 0.717) is 6.04 Å². The molecule has 1 fully saturated rings. The quantitative estimate of drug-likeness (QED) is 0.613. The number of rotatable bonds is 4. The van der Waals surface area contributed by atoms with Crippen LogP contribution in [0.4, 0.5) is 20.8 Å². The van der Waals surface area contributed by atoms with Crippen LogP contribution in [0.5, 0.6) is 0 Å². The number of aromatic nitrogens is 1. The summed E-state index contributed by atoms with van der Waals surface area (Å²) >= 11 is 1.71. The topological polar surface area (TPSA) is 52.6 Å². The fourth-order valence-corrected chi connectivity index (χ4v) is 5.05. The summed E-state index contributed by atoms with van der Waals surface area (Å²) in [6, 6.07) is 15.4. The highest BCUT2D eigenvalue weighted by Crippen LogP contribution is 2.38. The van der Waals surface area contributed by atoms with E-state index in [1.54, 1.807) is 11.3 Å². The van der Waals surface area contributed by atoms with Crippen molar-refractivity contribution >= 4 is 33.5 Å². The Balaban J connectivity index is 1.39. The Kier molecular flexibility index (Phi) is 5.70. The second kappa shape index (κ2) is 8.77. The van der Waals surface area contributed by atoms with Gasteiger partial charge >= 0.3 is 0 Å². The Morgan fingerprint density at radius 2 is 2.00 bits per heavy atom.